The van der Waals surface area contributed by atoms with Crippen molar-refractivity contribution in [2.45, 2.75) is 6.54 Å². The molecule has 0 amide bonds. The number of benzene rings is 1. The molecule has 0 bridgehead atoms. The fraction of sp³-hybridized carbons (Fsp3) is 0.273. The third-order valence-corrected chi connectivity index (χ3v) is 2.10. The maximum Gasteiger partial charge on any atom is 0.191 e. The van der Waals surface area contributed by atoms with Gasteiger partial charge in [-0.2, -0.15) is 5.26 Å². The lowest BCUT2D eigenvalue weighted by molar-refractivity contribution is 0.494. The molecule has 0 aliphatic rings. The van der Waals surface area contributed by atoms with Crippen LogP contribution in [0, 0.1) is 11.3 Å². The highest BCUT2D eigenvalue weighted by atomic mass is 15.2. The van der Waals surface area contributed by atoms with Crippen LogP contribution in [0.1, 0.15) is 11.1 Å². The quantitative estimate of drug-likeness (QED) is 0.573. The highest BCUT2D eigenvalue weighted by molar-refractivity contribution is 5.77. The summed E-state index contributed by atoms with van der Waals surface area (Å²) in [5, 5.41) is 8.74. The average molecular weight is 202 g/mol. The Labute approximate surface area is 89.6 Å². The van der Waals surface area contributed by atoms with E-state index in [4.69, 9.17) is 11.0 Å². The topological polar surface area (TPSA) is 65.4 Å². The molecule has 0 unspecified atom stereocenters. The zero-order valence-electron chi connectivity index (χ0n) is 8.94. The average Bonchev–Trinajstić information content (AvgIpc) is 2.28. The van der Waals surface area contributed by atoms with Crippen molar-refractivity contribution < 1.29 is 0 Å². The van der Waals surface area contributed by atoms with Crippen LogP contribution in [0.15, 0.2) is 29.3 Å². The first kappa shape index (κ1) is 11.1. The van der Waals surface area contributed by atoms with Crippen molar-refractivity contribution in [1.82, 2.24) is 4.90 Å². The van der Waals surface area contributed by atoms with E-state index in [1.807, 2.05) is 30.1 Å². The molecule has 15 heavy (non-hydrogen) atoms. The molecule has 1 rings (SSSR count). The van der Waals surface area contributed by atoms with E-state index in [0.717, 1.165) is 5.56 Å². The minimum Gasteiger partial charge on any atom is -0.370 e. The number of nitrogens with zero attached hydrogens (tertiary/aromatic N) is 3. The van der Waals surface area contributed by atoms with Crippen LogP contribution < -0.4 is 5.73 Å². The number of rotatable bonds is 2. The minimum absolute atomic E-state index is 0.484. The molecule has 1 aromatic rings. The lowest BCUT2D eigenvalue weighted by Gasteiger charge is -2.17. The molecular formula is C11H14N4. The molecule has 78 valence electrons. The van der Waals surface area contributed by atoms with Gasteiger partial charge in [-0.3, -0.25) is 4.99 Å². The fourth-order valence-corrected chi connectivity index (χ4v) is 1.26. The predicted octanol–water partition coefficient (Wildman–Crippen LogP) is 0.935. The van der Waals surface area contributed by atoms with Gasteiger partial charge < -0.3 is 10.6 Å². The number of aliphatic imine (C=N–C) groups is 1. The Kier molecular flexibility index (Phi) is 3.69. The molecule has 0 spiro atoms. The van der Waals surface area contributed by atoms with E-state index in [1.165, 1.54) is 0 Å². The summed E-state index contributed by atoms with van der Waals surface area (Å²) in [7, 11) is 3.51. The van der Waals surface area contributed by atoms with Gasteiger partial charge >= 0.3 is 0 Å². The van der Waals surface area contributed by atoms with Crippen molar-refractivity contribution in [2.75, 3.05) is 14.1 Å². The molecule has 0 aliphatic heterocycles. The van der Waals surface area contributed by atoms with Gasteiger partial charge in [0, 0.05) is 20.6 Å². The van der Waals surface area contributed by atoms with Crippen LogP contribution in [0.25, 0.3) is 0 Å². The lowest BCUT2D eigenvalue weighted by atomic mass is 10.1. The molecule has 4 heteroatoms. The Balaban J connectivity index is 2.77. The molecule has 0 heterocycles. The lowest BCUT2D eigenvalue weighted by Crippen LogP contribution is -2.33. The predicted molar refractivity (Wildman–Crippen MR) is 60.2 cm³/mol. The second kappa shape index (κ2) is 5.01. The molecule has 0 radical (unpaired) electrons. The second-order valence-corrected chi connectivity index (χ2v) is 3.25. The molecule has 0 atom stereocenters. The van der Waals surface area contributed by atoms with Crippen molar-refractivity contribution in [3.63, 3.8) is 0 Å². The molecule has 0 aliphatic carbocycles. The molecule has 0 aromatic heterocycles. The van der Waals surface area contributed by atoms with Crippen molar-refractivity contribution in [2.24, 2.45) is 10.7 Å². The highest BCUT2D eigenvalue weighted by Crippen LogP contribution is 2.06. The van der Waals surface area contributed by atoms with Gasteiger partial charge in [0.05, 0.1) is 11.6 Å². The van der Waals surface area contributed by atoms with Gasteiger partial charge in [-0.15, -0.1) is 0 Å². The van der Waals surface area contributed by atoms with Gasteiger partial charge in [0.15, 0.2) is 5.96 Å². The summed E-state index contributed by atoms with van der Waals surface area (Å²) in [6.45, 7) is 0.651. The number of nitrogens with two attached hydrogens (primary N) is 1. The van der Waals surface area contributed by atoms with Crippen LogP contribution in [0.5, 0.6) is 0 Å². The van der Waals surface area contributed by atoms with E-state index < -0.39 is 0 Å². The Morgan fingerprint density at radius 3 is 2.93 bits per heavy atom. The van der Waals surface area contributed by atoms with E-state index in [-0.39, 0.29) is 0 Å². The van der Waals surface area contributed by atoms with Gasteiger partial charge in [0.25, 0.3) is 0 Å². The van der Waals surface area contributed by atoms with Crippen molar-refractivity contribution in [3.05, 3.63) is 35.4 Å². The third kappa shape index (κ3) is 2.99. The van der Waals surface area contributed by atoms with Gasteiger partial charge in [-0.05, 0) is 17.7 Å². The van der Waals surface area contributed by atoms with E-state index in [2.05, 4.69) is 11.1 Å². The van der Waals surface area contributed by atoms with Gasteiger partial charge in [-0.1, -0.05) is 12.1 Å². The first-order valence-corrected chi connectivity index (χ1v) is 4.60. The smallest absolute Gasteiger partial charge is 0.191 e. The fourth-order valence-electron chi connectivity index (χ4n) is 1.26. The van der Waals surface area contributed by atoms with Crippen LogP contribution in [-0.4, -0.2) is 25.0 Å². The monoisotopic (exact) mass is 202 g/mol. The summed E-state index contributed by atoms with van der Waals surface area (Å²) in [6.07, 6.45) is 0. The minimum atomic E-state index is 0.484. The first-order valence-electron chi connectivity index (χ1n) is 4.60. The number of guanidine groups is 1. The van der Waals surface area contributed by atoms with E-state index in [0.29, 0.717) is 18.1 Å². The summed E-state index contributed by atoms with van der Waals surface area (Å²) in [6, 6.07) is 9.55. The third-order valence-electron chi connectivity index (χ3n) is 2.10. The maximum absolute atomic E-state index is 8.74. The Morgan fingerprint density at radius 1 is 1.60 bits per heavy atom. The van der Waals surface area contributed by atoms with Crippen LogP contribution in [0.4, 0.5) is 0 Å². The molecule has 2 N–H and O–H groups in total. The molecule has 4 nitrogen and oxygen atoms in total. The molecule has 0 fully saturated rings. The maximum atomic E-state index is 8.74. The van der Waals surface area contributed by atoms with Crippen LogP contribution in [0.2, 0.25) is 0 Å². The summed E-state index contributed by atoms with van der Waals surface area (Å²) in [4.78, 5) is 5.71. The largest absolute Gasteiger partial charge is 0.370 e. The number of hydrogen-bond donors (Lipinski definition) is 1. The summed E-state index contributed by atoms with van der Waals surface area (Å²) in [5.74, 6) is 0.484. The van der Waals surface area contributed by atoms with Crippen LogP contribution in [-0.2, 0) is 6.54 Å². The van der Waals surface area contributed by atoms with E-state index in [9.17, 15) is 0 Å². The summed E-state index contributed by atoms with van der Waals surface area (Å²) < 4.78 is 0. The summed E-state index contributed by atoms with van der Waals surface area (Å²) >= 11 is 0. The first-order chi connectivity index (χ1) is 7.17. The standard InChI is InChI=1S/C11H14N4/c1-14-11(13)15(2)8-10-5-3-4-9(6-10)7-12/h3-6H,8H2,1-2H3,(H2,13,14). The zero-order chi connectivity index (χ0) is 11.3. The summed E-state index contributed by atoms with van der Waals surface area (Å²) in [5.41, 5.74) is 7.35. The normalized spacial score (nSPS) is 10.9. The van der Waals surface area contributed by atoms with Crippen LogP contribution >= 0.6 is 0 Å². The van der Waals surface area contributed by atoms with Crippen molar-refractivity contribution in [3.8, 4) is 6.07 Å². The van der Waals surface area contributed by atoms with Gasteiger partial charge in [0.2, 0.25) is 0 Å². The van der Waals surface area contributed by atoms with Crippen molar-refractivity contribution in [1.29, 1.82) is 5.26 Å². The molecule has 1 aromatic carbocycles. The highest BCUT2D eigenvalue weighted by Gasteiger charge is 2.02. The van der Waals surface area contributed by atoms with Gasteiger partial charge in [0.1, 0.15) is 0 Å². The Bertz CT molecular complexity index is 403. The molecule has 0 saturated carbocycles. The second-order valence-electron chi connectivity index (χ2n) is 3.25. The molecule has 0 saturated heterocycles. The van der Waals surface area contributed by atoms with Gasteiger partial charge in [-0.25, -0.2) is 0 Å². The Morgan fingerprint density at radius 2 is 2.33 bits per heavy atom. The number of hydrogen-bond acceptors (Lipinski definition) is 2. The van der Waals surface area contributed by atoms with E-state index >= 15 is 0 Å². The van der Waals surface area contributed by atoms with E-state index in [1.54, 1.807) is 13.1 Å². The SMILES string of the molecule is CN=C(N)N(C)Cc1cccc(C#N)c1. The molecular weight excluding hydrogens is 188 g/mol. The Hall–Kier alpha value is -2.02. The number of nitriles is 1. The van der Waals surface area contributed by atoms with Crippen molar-refractivity contribution >= 4 is 5.96 Å². The zero-order valence-corrected chi connectivity index (χ0v) is 8.94. The van der Waals surface area contributed by atoms with Crippen LogP contribution in [0.3, 0.4) is 0 Å².